The first kappa shape index (κ1) is 13.6. The Kier molecular flexibility index (Phi) is 3.79. The van der Waals surface area contributed by atoms with E-state index in [1.807, 2.05) is 12.1 Å². The van der Waals surface area contributed by atoms with Crippen LogP contribution >= 0.6 is 0 Å². The molecular weight excluding hydrogens is 250 g/mol. The summed E-state index contributed by atoms with van der Waals surface area (Å²) in [5.74, 6) is -0.654. The minimum absolute atomic E-state index is 0.599. The summed E-state index contributed by atoms with van der Waals surface area (Å²) >= 11 is 0. The molecule has 1 saturated carbocycles. The first-order valence-corrected chi connectivity index (χ1v) is 7.76. The standard InChI is InChI=1S/C17H23NO2/c19-16(20)17(8-5-9-17)15-7-4-6-14(12-15)13-18-10-2-1-3-11-18/h4,6-7,12H,1-3,5,8-11,13H2,(H,19,20). The SMILES string of the molecule is O=C(O)C1(c2cccc(CN3CCCCC3)c2)CCC1. The Morgan fingerprint density at radius 3 is 2.50 bits per heavy atom. The number of benzene rings is 1. The summed E-state index contributed by atoms with van der Waals surface area (Å²) in [7, 11) is 0. The second-order valence-electron chi connectivity index (χ2n) is 6.28. The van der Waals surface area contributed by atoms with Gasteiger partial charge in [0.25, 0.3) is 0 Å². The summed E-state index contributed by atoms with van der Waals surface area (Å²) in [6, 6.07) is 8.28. The smallest absolute Gasteiger partial charge is 0.314 e. The van der Waals surface area contributed by atoms with Gasteiger partial charge in [-0.25, -0.2) is 0 Å². The number of hydrogen-bond donors (Lipinski definition) is 1. The molecule has 0 unspecified atom stereocenters. The van der Waals surface area contributed by atoms with E-state index >= 15 is 0 Å². The zero-order valence-electron chi connectivity index (χ0n) is 12.0. The number of nitrogens with zero attached hydrogens (tertiary/aromatic N) is 1. The number of carboxylic acids is 1. The Morgan fingerprint density at radius 2 is 1.90 bits per heavy atom. The lowest BCUT2D eigenvalue weighted by Gasteiger charge is -2.38. The van der Waals surface area contributed by atoms with Gasteiger partial charge in [0, 0.05) is 6.54 Å². The Labute approximate surface area is 120 Å². The molecule has 1 aliphatic heterocycles. The van der Waals surface area contributed by atoms with Crippen molar-refractivity contribution in [1.82, 2.24) is 4.90 Å². The van der Waals surface area contributed by atoms with Gasteiger partial charge in [-0.15, -0.1) is 0 Å². The highest BCUT2D eigenvalue weighted by Crippen LogP contribution is 2.44. The lowest BCUT2D eigenvalue weighted by Crippen LogP contribution is -2.42. The Morgan fingerprint density at radius 1 is 1.15 bits per heavy atom. The number of hydrogen-bond acceptors (Lipinski definition) is 2. The molecule has 0 atom stereocenters. The van der Waals surface area contributed by atoms with Crippen molar-refractivity contribution in [1.29, 1.82) is 0 Å². The monoisotopic (exact) mass is 273 g/mol. The maximum Gasteiger partial charge on any atom is 0.314 e. The Balaban J connectivity index is 1.77. The number of likely N-dealkylation sites (tertiary alicyclic amines) is 1. The minimum Gasteiger partial charge on any atom is -0.481 e. The average Bonchev–Trinajstić information content (AvgIpc) is 2.38. The molecule has 1 saturated heterocycles. The van der Waals surface area contributed by atoms with E-state index in [1.54, 1.807) is 0 Å². The second kappa shape index (κ2) is 5.57. The summed E-state index contributed by atoms with van der Waals surface area (Å²) < 4.78 is 0. The Bertz CT molecular complexity index is 488. The van der Waals surface area contributed by atoms with Gasteiger partial charge in [0.1, 0.15) is 0 Å². The summed E-state index contributed by atoms with van der Waals surface area (Å²) in [6.07, 6.45) is 6.53. The van der Waals surface area contributed by atoms with Gasteiger partial charge in [-0.3, -0.25) is 9.69 Å². The van der Waals surface area contributed by atoms with E-state index in [9.17, 15) is 9.90 Å². The van der Waals surface area contributed by atoms with Crippen LogP contribution in [0.5, 0.6) is 0 Å². The molecule has 0 radical (unpaired) electrons. The molecule has 0 aromatic heterocycles. The van der Waals surface area contributed by atoms with E-state index in [-0.39, 0.29) is 0 Å². The Hall–Kier alpha value is -1.35. The fourth-order valence-corrected chi connectivity index (χ4v) is 3.50. The van der Waals surface area contributed by atoms with Crippen molar-refractivity contribution < 1.29 is 9.90 Å². The third kappa shape index (κ3) is 2.47. The third-order valence-electron chi connectivity index (χ3n) is 4.95. The van der Waals surface area contributed by atoms with Gasteiger partial charge < -0.3 is 5.11 Å². The second-order valence-corrected chi connectivity index (χ2v) is 6.28. The highest BCUT2D eigenvalue weighted by molar-refractivity contribution is 5.82. The third-order valence-corrected chi connectivity index (χ3v) is 4.95. The molecule has 0 amide bonds. The molecule has 1 aromatic carbocycles. The fourth-order valence-electron chi connectivity index (χ4n) is 3.50. The van der Waals surface area contributed by atoms with Gasteiger partial charge in [-0.2, -0.15) is 0 Å². The van der Waals surface area contributed by atoms with Crippen molar-refractivity contribution in [2.45, 2.75) is 50.5 Å². The molecule has 20 heavy (non-hydrogen) atoms. The molecule has 1 N–H and O–H groups in total. The molecule has 1 aromatic rings. The van der Waals surface area contributed by atoms with Crippen LogP contribution in [0.2, 0.25) is 0 Å². The van der Waals surface area contributed by atoms with E-state index < -0.39 is 11.4 Å². The predicted octanol–water partition coefficient (Wildman–Crippen LogP) is 3.18. The van der Waals surface area contributed by atoms with E-state index in [0.29, 0.717) is 0 Å². The zero-order valence-corrected chi connectivity index (χ0v) is 12.0. The van der Waals surface area contributed by atoms with Crippen LogP contribution in [0.4, 0.5) is 0 Å². The number of rotatable bonds is 4. The molecule has 3 heteroatoms. The van der Waals surface area contributed by atoms with Crippen molar-refractivity contribution in [3.8, 4) is 0 Å². The van der Waals surface area contributed by atoms with Gasteiger partial charge >= 0.3 is 5.97 Å². The number of carbonyl (C=O) groups is 1. The quantitative estimate of drug-likeness (QED) is 0.916. The largest absolute Gasteiger partial charge is 0.481 e. The van der Waals surface area contributed by atoms with E-state index in [2.05, 4.69) is 17.0 Å². The average molecular weight is 273 g/mol. The molecule has 3 nitrogen and oxygen atoms in total. The van der Waals surface area contributed by atoms with Crippen molar-refractivity contribution in [3.63, 3.8) is 0 Å². The summed E-state index contributed by atoms with van der Waals surface area (Å²) in [4.78, 5) is 14.1. The maximum atomic E-state index is 11.6. The molecule has 1 aliphatic carbocycles. The number of carboxylic acid groups (broad SMARTS) is 1. The van der Waals surface area contributed by atoms with E-state index in [4.69, 9.17) is 0 Å². The molecule has 0 bridgehead atoms. The normalized spacial score (nSPS) is 22.2. The lowest BCUT2D eigenvalue weighted by atomic mass is 9.64. The van der Waals surface area contributed by atoms with Gasteiger partial charge in [0.15, 0.2) is 0 Å². The molecule has 2 aliphatic rings. The van der Waals surface area contributed by atoms with Crippen LogP contribution < -0.4 is 0 Å². The van der Waals surface area contributed by atoms with Crippen LogP contribution in [-0.4, -0.2) is 29.1 Å². The van der Waals surface area contributed by atoms with Crippen LogP contribution in [-0.2, 0) is 16.8 Å². The maximum absolute atomic E-state index is 11.6. The van der Waals surface area contributed by atoms with Crippen molar-refractivity contribution >= 4 is 5.97 Å². The van der Waals surface area contributed by atoms with Crippen LogP contribution in [0.25, 0.3) is 0 Å². The zero-order chi connectivity index (χ0) is 14.0. The van der Waals surface area contributed by atoms with Crippen LogP contribution in [0, 0.1) is 0 Å². The predicted molar refractivity (Wildman–Crippen MR) is 78.7 cm³/mol. The van der Waals surface area contributed by atoms with Crippen molar-refractivity contribution in [3.05, 3.63) is 35.4 Å². The van der Waals surface area contributed by atoms with Crippen LogP contribution in [0.1, 0.15) is 49.7 Å². The van der Waals surface area contributed by atoms with Gasteiger partial charge in [0.05, 0.1) is 5.41 Å². The fraction of sp³-hybridized carbons (Fsp3) is 0.588. The molecular formula is C17H23NO2. The van der Waals surface area contributed by atoms with Crippen molar-refractivity contribution in [2.75, 3.05) is 13.1 Å². The summed E-state index contributed by atoms with van der Waals surface area (Å²) in [5, 5.41) is 9.54. The molecule has 3 rings (SSSR count). The van der Waals surface area contributed by atoms with E-state index in [1.165, 1.54) is 37.9 Å². The molecule has 108 valence electrons. The first-order chi connectivity index (χ1) is 9.71. The topological polar surface area (TPSA) is 40.5 Å². The highest BCUT2D eigenvalue weighted by Gasteiger charge is 2.45. The van der Waals surface area contributed by atoms with Crippen LogP contribution in [0.15, 0.2) is 24.3 Å². The first-order valence-electron chi connectivity index (χ1n) is 7.76. The lowest BCUT2D eigenvalue weighted by molar-refractivity contribution is -0.147. The van der Waals surface area contributed by atoms with E-state index in [0.717, 1.165) is 31.4 Å². The van der Waals surface area contributed by atoms with Crippen molar-refractivity contribution in [2.24, 2.45) is 0 Å². The highest BCUT2D eigenvalue weighted by atomic mass is 16.4. The summed E-state index contributed by atoms with van der Waals surface area (Å²) in [6.45, 7) is 3.31. The molecule has 1 heterocycles. The van der Waals surface area contributed by atoms with Gasteiger partial charge in [0.2, 0.25) is 0 Å². The molecule has 0 spiro atoms. The number of aliphatic carboxylic acids is 1. The molecule has 2 fully saturated rings. The summed E-state index contributed by atoms with van der Waals surface area (Å²) in [5.41, 5.74) is 1.67. The van der Waals surface area contributed by atoms with Crippen LogP contribution in [0.3, 0.4) is 0 Å². The number of piperidine rings is 1. The van der Waals surface area contributed by atoms with Gasteiger partial charge in [-0.05, 0) is 49.9 Å². The van der Waals surface area contributed by atoms with Gasteiger partial charge in [-0.1, -0.05) is 37.1 Å². The minimum atomic E-state index is -0.654.